The van der Waals surface area contributed by atoms with Crippen LogP contribution in [0.1, 0.15) is 112 Å². The highest BCUT2D eigenvalue weighted by Gasteiger charge is 2.60. The minimum absolute atomic E-state index is 0.0326. The predicted molar refractivity (Wildman–Crippen MR) is 214 cm³/mol. The molecule has 8 atom stereocenters. The smallest absolute Gasteiger partial charge is 0.475 e. The molecular weight excluding hydrogens is 788 g/mol. The van der Waals surface area contributed by atoms with Crippen molar-refractivity contribution in [2.75, 3.05) is 32.7 Å². The summed E-state index contributed by atoms with van der Waals surface area (Å²) >= 11 is 0. The van der Waals surface area contributed by atoms with E-state index in [1.807, 2.05) is 4.90 Å². The van der Waals surface area contributed by atoms with Crippen LogP contribution in [0.3, 0.4) is 0 Å². The third-order valence-electron chi connectivity index (χ3n) is 13.3. The van der Waals surface area contributed by atoms with Gasteiger partial charge in [0.2, 0.25) is 0 Å². The normalized spacial score (nSPS) is 28.7. The van der Waals surface area contributed by atoms with Crippen molar-refractivity contribution in [1.29, 1.82) is 0 Å². The monoisotopic (exact) mass is 856 g/mol. The van der Waals surface area contributed by atoms with Gasteiger partial charge < -0.3 is 33.1 Å². The van der Waals surface area contributed by atoms with Gasteiger partial charge in [0.1, 0.15) is 0 Å². The summed E-state index contributed by atoms with van der Waals surface area (Å²) in [6.45, 7) is 14.6. The minimum atomic E-state index is -5.08. The lowest BCUT2D eigenvalue weighted by molar-refractivity contribution is -0.193. The first kappa shape index (κ1) is 51.3. The van der Waals surface area contributed by atoms with Crippen LogP contribution < -0.4 is 28.4 Å². The summed E-state index contributed by atoms with van der Waals surface area (Å²) in [7, 11) is 0. The largest absolute Gasteiger partial charge is 0.490 e. The molecule has 20 heteroatoms. The quantitative estimate of drug-likeness (QED) is 0.0486. The van der Waals surface area contributed by atoms with E-state index in [0.29, 0.717) is 42.9 Å². The van der Waals surface area contributed by atoms with E-state index >= 15 is 0 Å². The van der Waals surface area contributed by atoms with Gasteiger partial charge in [-0.15, -0.1) is 0 Å². The second-order valence-electron chi connectivity index (χ2n) is 17.6. The number of nitrogens with one attached hydrogen (secondary N) is 1. The van der Waals surface area contributed by atoms with Gasteiger partial charge in [0, 0.05) is 18.8 Å². The Balaban J connectivity index is 0.000000732. The van der Waals surface area contributed by atoms with E-state index in [2.05, 4.69) is 55.1 Å². The first-order valence-electron chi connectivity index (χ1n) is 20.5. The lowest BCUT2D eigenvalue weighted by Gasteiger charge is -2.61. The fourth-order valence-electron chi connectivity index (χ4n) is 10.5. The van der Waals surface area contributed by atoms with E-state index < -0.39 is 24.3 Å². The van der Waals surface area contributed by atoms with Crippen LogP contribution in [-0.4, -0.2) is 95.7 Å². The third kappa shape index (κ3) is 15.6. The number of alkyl halides is 6. The van der Waals surface area contributed by atoms with Crippen molar-refractivity contribution in [2.45, 2.75) is 124 Å². The van der Waals surface area contributed by atoms with Gasteiger partial charge in [-0.25, -0.2) is 15.0 Å². The topological polar surface area (TPSA) is 248 Å². The lowest BCUT2D eigenvalue weighted by atomic mass is 9.44. The molecule has 0 spiro atoms. The Bertz CT molecular complexity index is 1440. The molecule has 11 N–H and O–H groups in total. The molecule has 4 aliphatic rings. The van der Waals surface area contributed by atoms with Gasteiger partial charge in [-0.05, 0) is 110 Å². The van der Waals surface area contributed by atoms with E-state index in [0.717, 1.165) is 54.1 Å². The molecule has 0 saturated heterocycles. The number of hydrogen-bond donors (Lipinski definition) is 7. The Hall–Kier alpha value is -3.84. The molecule has 4 rings (SSSR count). The van der Waals surface area contributed by atoms with Gasteiger partial charge in [0.25, 0.3) is 5.91 Å². The van der Waals surface area contributed by atoms with Crippen molar-refractivity contribution in [3.8, 4) is 0 Å². The number of hydrogen-bond acceptors (Lipinski definition) is 7. The van der Waals surface area contributed by atoms with E-state index in [-0.39, 0.29) is 24.4 Å². The number of nitrogens with two attached hydrogens (primary N) is 4. The SMILES string of the molecule is CC(C)CCC[C@@H](C)[C@H]1CC[C@H]2[C@@H]3CCC4C/C(=N\NC(=O)CN(CCN=C(N)N)CCN=C(N)N)CC[C@]4(C)[C@H]3CC[C@]12C.O=C(O)C(F)(F)F.O=C(O)C(F)(F)F. The van der Waals surface area contributed by atoms with E-state index in [1.165, 1.54) is 64.2 Å². The average molecular weight is 856 g/mol. The highest BCUT2D eigenvalue weighted by molar-refractivity contribution is 5.87. The summed E-state index contributed by atoms with van der Waals surface area (Å²) in [6, 6.07) is 0. The molecule has 1 amide bonds. The molecule has 0 aromatic heterocycles. The Morgan fingerprint density at radius 2 is 1.32 bits per heavy atom. The molecule has 0 bridgehead atoms. The molecule has 1 unspecified atom stereocenters. The first-order chi connectivity index (χ1) is 27.2. The summed E-state index contributed by atoms with van der Waals surface area (Å²) in [5.74, 6) is 0.282. The van der Waals surface area contributed by atoms with Crippen molar-refractivity contribution in [3.05, 3.63) is 0 Å². The summed E-state index contributed by atoms with van der Waals surface area (Å²) in [4.78, 5) is 40.7. The first-order valence-corrected chi connectivity index (χ1v) is 20.5. The molecule has 340 valence electrons. The van der Waals surface area contributed by atoms with Crippen LogP contribution in [0.5, 0.6) is 0 Å². The molecular formula is C39H67F6N9O5. The molecule has 0 heterocycles. The fourth-order valence-corrected chi connectivity index (χ4v) is 10.5. The van der Waals surface area contributed by atoms with Crippen LogP contribution in [0.4, 0.5) is 26.3 Å². The third-order valence-corrected chi connectivity index (χ3v) is 13.3. The highest BCUT2D eigenvalue weighted by Crippen LogP contribution is 2.68. The van der Waals surface area contributed by atoms with E-state index in [9.17, 15) is 31.1 Å². The molecule has 0 aromatic rings. The van der Waals surface area contributed by atoms with Gasteiger partial charge in [0.05, 0.1) is 19.6 Å². The number of carboxylic acids is 2. The second kappa shape index (κ2) is 22.1. The number of nitrogens with zero attached hydrogens (tertiary/aromatic N) is 4. The number of aliphatic imine (C=N–C) groups is 2. The number of aliphatic carboxylic acids is 2. The molecule has 0 aliphatic heterocycles. The number of hydrazone groups is 1. The van der Waals surface area contributed by atoms with E-state index in [4.69, 9.17) is 42.7 Å². The van der Waals surface area contributed by atoms with Crippen molar-refractivity contribution in [3.63, 3.8) is 0 Å². The number of halogens is 6. The van der Waals surface area contributed by atoms with Crippen LogP contribution in [0.25, 0.3) is 0 Å². The summed E-state index contributed by atoms with van der Waals surface area (Å²) in [5, 5.41) is 18.9. The minimum Gasteiger partial charge on any atom is -0.475 e. The molecule has 0 radical (unpaired) electrons. The maximum atomic E-state index is 12.9. The van der Waals surface area contributed by atoms with Crippen LogP contribution in [-0.2, 0) is 14.4 Å². The summed E-state index contributed by atoms with van der Waals surface area (Å²) < 4.78 is 63.5. The van der Waals surface area contributed by atoms with Gasteiger partial charge in [-0.2, -0.15) is 31.4 Å². The Morgan fingerprint density at radius 1 is 0.797 bits per heavy atom. The number of guanidine groups is 2. The zero-order valence-electron chi connectivity index (χ0n) is 35.0. The zero-order chi connectivity index (χ0) is 44.9. The van der Waals surface area contributed by atoms with Crippen molar-refractivity contribution >= 4 is 35.5 Å². The van der Waals surface area contributed by atoms with E-state index in [1.54, 1.807) is 0 Å². The van der Waals surface area contributed by atoms with Crippen molar-refractivity contribution < 1.29 is 50.9 Å². The standard InChI is InChI=1S/C35H65N9O.2C2HF3O2/c1-23(2)7-6-8-24(3)28-11-12-29-27-10-9-25-21-26(13-15-34(25,4)30(27)14-16-35(28,29)5)42-43-31(45)22-44(19-17-40-32(36)37)20-18-41-33(38)39;2*3-2(4,5)1(6)7/h23-25,27-30H,6-22H2,1-5H3,(H,43,45)(H4,36,37,40)(H4,38,39,41);2*(H,6,7)/b42-26-;;/t24-,25?,27+,28-,29+,30+,34+,35-;;/m1../s1. The molecule has 4 saturated carbocycles. The van der Waals surface area contributed by atoms with Gasteiger partial charge in [-0.3, -0.25) is 19.7 Å². The number of amides is 1. The molecule has 4 fully saturated rings. The Kier molecular flexibility index (Phi) is 19.2. The van der Waals surface area contributed by atoms with Crippen LogP contribution in [0, 0.1) is 52.3 Å². The summed E-state index contributed by atoms with van der Waals surface area (Å²) in [5.41, 5.74) is 26.8. The lowest BCUT2D eigenvalue weighted by Crippen LogP contribution is -2.54. The molecule has 4 aliphatic carbocycles. The van der Waals surface area contributed by atoms with Crippen LogP contribution in [0.2, 0.25) is 0 Å². The average Bonchev–Trinajstić information content (AvgIpc) is 3.47. The number of fused-ring (bicyclic) bond motifs is 5. The predicted octanol–water partition coefficient (Wildman–Crippen LogP) is 5.70. The second-order valence-corrected chi connectivity index (χ2v) is 17.6. The maximum absolute atomic E-state index is 12.9. The number of carbonyl (C=O) groups is 3. The van der Waals surface area contributed by atoms with Gasteiger partial charge >= 0.3 is 24.3 Å². The van der Waals surface area contributed by atoms with Crippen LogP contribution in [0.15, 0.2) is 15.1 Å². The van der Waals surface area contributed by atoms with Gasteiger partial charge in [0.15, 0.2) is 11.9 Å². The fraction of sp³-hybridized carbons (Fsp3) is 0.846. The van der Waals surface area contributed by atoms with Crippen LogP contribution >= 0.6 is 0 Å². The Morgan fingerprint density at radius 3 is 1.81 bits per heavy atom. The number of carboxylic acid groups (broad SMARTS) is 2. The maximum Gasteiger partial charge on any atom is 0.490 e. The molecule has 59 heavy (non-hydrogen) atoms. The molecule has 0 aromatic carbocycles. The Labute approximate surface area is 343 Å². The highest BCUT2D eigenvalue weighted by atomic mass is 19.4. The zero-order valence-corrected chi connectivity index (χ0v) is 35.0. The van der Waals surface area contributed by atoms with Crippen molar-refractivity contribution in [1.82, 2.24) is 10.3 Å². The van der Waals surface area contributed by atoms with Crippen molar-refractivity contribution in [2.24, 2.45) is 90.3 Å². The number of carbonyl (C=O) groups excluding carboxylic acids is 1. The van der Waals surface area contributed by atoms with Gasteiger partial charge in [-0.1, -0.05) is 53.9 Å². The summed E-state index contributed by atoms with van der Waals surface area (Å²) in [6.07, 6.45) is 5.58. The number of rotatable bonds is 14. The molecule has 14 nitrogen and oxygen atoms in total.